The SMILES string of the molecule is CCOC(=O)c1ccc(OCC2C(Cl)=C(Cl)C=C(Cl)C2(Cl)COc2ccc(C(=O)OCC)cc2)cc1. The van der Waals surface area contributed by atoms with Gasteiger partial charge in [0.1, 0.15) is 23.0 Å². The molecule has 2 unspecified atom stereocenters. The third kappa shape index (κ3) is 6.68. The Kier molecular flexibility index (Phi) is 9.97. The van der Waals surface area contributed by atoms with Gasteiger partial charge in [0.25, 0.3) is 0 Å². The Bertz CT molecular complexity index is 1140. The Morgan fingerprint density at radius 1 is 0.806 bits per heavy atom. The molecule has 0 spiro atoms. The maximum absolute atomic E-state index is 11.9. The van der Waals surface area contributed by atoms with E-state index in [0.717, 1.165) is 0 Å². The minimum Gasteiger partial charge on any atom is -0.493 e. The van der Waals surface area contributed by atoms with Gasteiger partial charge in [0.05, 0.1) is 41.9 Å². The topological polar surface area (TPSA) is 71.1 Å². The quantitative estimate of drug-likeness (QED) is 0.227. The van der Waals surface area contributed by atoms with E-state index in [4.69, 9.17) is 65.4 Å². The number of carbonyl (C=O) groups is 2. The number of hydrogen-bond acceptors (Lipinski definition) is 6. The molecule has 10 heteroatoms. The Labute approximate surface area is 229 Å². The number of esters is 2. The molecule has 0 amide bonds. The van der Waals surface area contributed by atoms with Gasteiger partial charge >= 0.3 is 11.9 Å². The van der Waals surface area contributed by atoms with Gasteiger partial charge in [0.2, 0.25) is 0 Å². The zero-order valence-corrected chi connectivity index (χ0v) is 22.6. The molecule has 36 heavy (non-hydrogen) atoms. The Balaban J connectivity index is 1.72. The first kappa shape index (κ1) is 28.2. The van der Waals surface area contributed by atoms with Gasteiger partial charge in [0, 0.05) is 10.1 Å². The first-order valence-corrected chi connectivity index (χ1v) is 12.6. The van der Waals surface area contributed by atoms with Crippen molar-refractivity contribution in [3.05, 3.63) is 80.8 Å². The molecule has 2 aromatic rings. The van der Waals surface area contributed by atoms with Crippen LogP contribution in [0.25, 0.3) is 0 Å². The number of ether oxygens (including phenoxy) is 4. The maximum Gasteiger partial charge on any atom is 0.338 e. The summed E-state index contributed by atoms with van der Waals surface area (Å²) in [6.45, 7) is 4.02. The largest absolute Gasteiger partial charge is 0.493 e. The van der Waals surface area contributed by atoms with Crippen molar-refractivity contribution in [2.45, 2.75) is 18.7 Å². The third-order valence-corrected chi connectivity index (χ3v) is 7.33. The van der Waals surface area contributed by atoms with Gasteiger partial charge in [-0.25, -0.2) is 9.59 Å². The molecule has 0 aromatic heterocycles. The monoisotopic (exact) mass is 572 g/mol. The molecule has 0 saturated heterocycles. The van der Waals surface area contributed by atoms with Crippen molar-refractivity contribution in [2.24, 2.45) is 5.92 Å². The number of halogens is 4. The van der Waals surface area contributed by atoms with Crippen molar-refractivity contribution in [1.29, 1.82) is 0 Å². The zero-order valence-electron chi connectivity index (χ0n) is 19.6. The number of allylic oxidation sites excluding steroid dienone is 2. The standard InChI is InChI=1S/C26H24Cl4O6/c1-3-33-24(31)16-5-9-18(10-6-16)35-14-20-23(29)21(27)13-22(28)26(20,30)15-36-19-11-7-17(8-12-19)25(32)34-4-2/h5-13,20H,3-4,14-15H2,1-2H3. The average molecular weight is 574 g/mol. The van der Waals surface area contributed by atoms with Gasteiger partial charge in [-0.1, -0.05) is 34.8 Å². The van der Waals surface area contributed by atoms with Gasteiger partial charge in [-0.05, 0) is 68.5 Å². The van der Waals surface area contributed by atoms with Crippen LogP contribution < -0.4 is 9.47 Å². The highest BCUT2D eigenvalue weighted by Gasteiger charge is 2.46. The highest BCUT2D eigenvalue weighted by Crippen LogP contribution is 2.47. The van der Waals surface area contributed by atoms with E-state index in [1.54, 1.807) is 62.4 Å². The summed E-state index contributed by atoms with van der Waals surface area (Å²) >= 11 is 26.3. The molecule has 1 aliphatic carbocycles. The molecule has 0 fully saturated rings. The van der Waals surface area contributed by atoms with Gasteiger partial charge in [-0.15, -0.1) is 11.6 Å². The van der Waals surface area contributed by atoms with Crippen LogP contribution in [0.5, 0.6) is 11.5 Å². The highest BCUT2D eigenvalue weighted by atomic mass is 35.5. The normalized spacial score (nSPS) is 19.4. The van der Waals surface area contributed by atoms with Crippen LogP contribution >= 0.6 is 46.4 Å². The summed E-state index contributed by atoms with van der Waals surface area (Å²) in [4.78, 5) is 22.4. The lowest BCUT2D eigenvalue weighted by molar-refractivity contribution is 0.0516. The number of alkyl halides is 1. The van der Waals surface area contributed by atoms with Gasteiger partial charge in [0.15, 0.2) is 0 Å². The molecule has 0 heterocycles. The molecular weight excluding hydrogens is 550 g/mol. The van der Waals surface area contributed by atoms with E-state index < -0.39 is 22.7 Å². The Hall–Kier alpha value is -2.38. The van der Waals surface area contributed by atoms with Crippen LogP contribution in [-0.2, 0) is 9.47 Å². The van der Waals surface area contributed by atoms with E-state index in [-0.39, 0.29) is 41.5 Å². The molecule has 6 nitrogen and oxygen atoms in total. The molecule has 0 radical (unpaired) electrons. The Morgan fingerprint density at radius 3 is 1.75 bits per heavy atom. The molecule has 2 aromatic carbocycles. The van der Waals surface area contributed by atoms with Crippen molar-refractivity contribution in [2.75, 3.05) is 26.4 Å². The van der Waals surface area contributed by atoms with E-state index in [9.17, 15) is 9.59 Å². The minimum absolute atomic E-state index is 0.0342. The Morgan fingerprint density at radius 2 is 1.28 bits per heavy atom. The summed E-state index contributed by atoms with van der Waals surface area (Å²) in [5, 5.41) is 0.774. The van der Waals surface area contributed by atoms with Crippen LogP contribution in [0.4, 0.5) is 0 Å². The maximum atomic E-state index is 11.9. The third-order valence-electron chi connectivity index (χ3n) is 5.33. The molecule has 192 valence electrons. The molecule has 0 bridgehead atoms. The van der Waals surface area contributed by atoms with Crippen molar-refractivity contribution in [1.82, 2.24) is 0 Å². The van der Waals surface area contributed by atoms with E-state index in [1.165, 1.54) is 6.08 Å². The minimum atomic E-state index is -1.28. The fourth-order valence-electron chi connectivity index (χ4n) is 3.38. The summed E-state index contributed by atoms with van der Waals surface area (Å²) in [7, 11) is 0. The molecule has 0 N–H and O–H groups in total. The number of rotatable bonds is 10. The van der Waals surface area contributed by atoms with Crippen LogP contribution in [0.2, 0.25) is 0 Å². The van der Waals surface area contributed by atoms with E-state index in [0.29, 0.717) is 22.6 Å². The lowest BCUT2D eigenvalue weighted by Gasteiger charge is -2.37. The number of benzene rings is 2. The molecule has 3 rings (SSSR count). The van der Waals surface area contributed by atoms with Crippen molar-refractivity contribution in [3.8, 4) is 11.5 Å². The van der Waals surface area contributed by atoms with Crippen LogP contribution in [-0.4, -0.2) is 43.2 Å². The summed E-state index contributed by atoms with van der Waals surface area (Å²) in [5.41, 5.74) is 0.807. The summed E-state index contributed by atoms with van der Waals surface area (Å²) in [6, 6.07) is 12.9. The van der Waals surface area contributed by atoms with Gasteiger partial charge < -0.3 is 18.9 Å². The first-order valence-electron chi connectivity index (χ1n) is 11.1. The molecular formula is C26H24Cl4O6. The smallest absolute Gasteiger partial charge is 0.338 e. The lowest BCUT2D eigenvalue weighted by atomic mass is 9.87. The summed E-state index contributed by atoms with van der Waals surface area (Å²) < 4.78 is 21.8. The predicted molar refractivity (Wildman–Crippen MR) is 141 cm³/mol. The van der Waals surface area contributed by atoms with E-state index >= 15 is 0 Å². The van der Waals surface area contributed by atoms with E-state index in [1.807, 2.05) is 0 Å². The second-order valence-corrected chi connectivity index (χ2v) is 9.59. The van der Waals surface area contributed by atoms with Crippen molar-refractivity contribution >= 4 is 58.3 Å². The average Bonchev–Trinajstić information content (AvgIpc) is 2.87. The summed E-state index contributed by atoms with van der Waals surface area (Å²) in [5.74, 6) is -0.523. The molecule has 0 aliphatic heterocycles. The van der Waals surface area contributed by atoms with Crippen LogP contribution in [0, 0.1) is 5.92 Å². The molecule has 1 aliphatic rings. The fourth-order valence-corrected chi connectivity index (χ4v) is 4.61. The fraction of sp³-hybridized carbons (Fsp3) is 0.308. The predicted octanol–water partition coefficient (Wildman–Crippen LogP) is 6.92. The van der Waals surface area contributed by atoms with Crippen LogP contribution in [0.3, 0.4) is 0 Å². The first-order chi connectivity index (χ1) is 17.2. The van der Waals surface area contributed by atoms with Gasteiger partial charge in [-0.2, -0.15) is 0 Å². The summed E-state index contributed by atoms with van der Waals surface area (Å²) in [6.07, 6.45) is 1.48. The van der Waals surface area contributed by atoms with Gasteiger partial charge in [-0.3, -0.25) is 0 Å². The zero-order chi connectivity index (χ0) is 26.3. The van der Waals surface area contributed by atoms with Crippen molar-refractivity contribution in [3.63, 3.8) is 0 Å². The van der Waals surface area contributed by atoms with Crippen molar-refractivity contribution < 1.29 is 28.5 Å². The second-order valence-electron chi connectivity index (χ2n) is 7.69. The molecule has 0 saturated carbocycles. The number of hydrogen-bond donors (Lipinski definition) is 0. The second kappa shape index (κ2) is 12.7. The van der Waals surface area contributed by atoms with E-state index in [2.05, 4.69) is 0 Å². The number of carbonyl (C=O) groups excluding carboxylic acids is 2. The van der Waals surface area contributed by atoms with Crippen LogP contribution in [0.15, 0.2) is 69.7 Å². The highest BCUT2D eigenvalue weighted by molar-refractivity contribution is 6.46. The molecule has 2 atom stereocenters. The lowest BCUT2D eigenvalue weighted by Crippen LogP contribution is -2.44. The van der Waals surface area contributed by atoms with Crippen LogP contribution in [0.1, 0.15) is 34.6 Å².